The zero-order chi connectivity index (χ0) is 25.3. The smallest absolute Gasteiger partial charge is 0.405 e. The van der Waals surface area contributed by atoms with Crippen molar-refractivity contribution in [3.63, 3.8) is 0 Å². The molecule has 0 saturated heterocycles. The van der Waals surface area contributed by atoms with E-state index in [1.165, 1.54) is 4.68 Å². The van der Waals surface area contributed by atoms with Crippen LogP contribution in [0.25, 0.3) is 0 Å². The summed E-state index contributed by atoms with van der Waals surface area (Å²) in [6, 6.07) is -3.28. The minimum atomic E-state index is -1.41. The van der Waals surface area contributed by atoms with Gasteiger partial charge in [-0.25, -0.2) is 4.79 Å². The maximum Gasteiger partial charge on any atom is 0.405 e. The predicted molar refractivity (Wildman–Crippen MR) is 123 cm³/mol. The molecule has 34 heavy (non-hydrogen) atoms. The van der Waals surface area contributed by atoms with E-state index in [4.69, 9.17) is 0 Å². The summed E-state index contributed by atoms with van der Waals surface area (Å²) < 4.78 is 1.53. The first-order chi connectivity index (χ1) is 16.0. The largest absolute Gasteiger partial charge is 0.465 e. The number of hydrogen-bond acceptors (Lipinski definition) is 7. The summed E-state index contributed by atoms with van der Waals surface area (Å²) in [6.45, 7) is 4.51. The van der Waals surface area contributed by atoms with Gasteiger partial charge >= 0.3 is 6.09 Å². The molecular weight excluding hydrogens is 466 g/mol. The van der Waals surface area contributed by atoms with E-state index < -0.39 is 41.1 Å². The summed E-state index contributed by atoms with van der Waals surface area (Å²) in [5, 5.41) is 26.6. The van der Waals surface area contributed by atoms with Crippen molar-refractivity contribution in [2.45, 2.75) is 70.6 Å². The molecule has 3 atom stereocenters. The molecule has 1 aliphatic rings. The molecular formula is C20H31N7O6S. The Morgan fingerprint density at radius 1 is 1.26 bits per heavy atom. The van der Waals surface area contributed by atoms with Crippen molar-refractivity contribution in [3.8, 4) is 0 Å². The SMILES string of the molecule is CC(C)C[C@@H]1NC(=O)[C@@H](NC(=O)O)Cc2cn(nn2)CCCNC(=O)CC[C@@H](C(=O)S)NC1=O. The number of nitrogens with one attached hydrogen (secondary N) is 4. The zero-order valence-electron chi connectivity index (χ0n) is 19.1. The molecule has 2 rings (SSSR count). The first-order valence-corrected chi connectivity index (χ1v) is 11.5. The highest BCUT2D eigenvalue weighted by Gasteiger charge is 2.30. The van der Waals surface area contributed by atoms with Crippen LogP contribution in [0.1, 0.15) is 45.2 Å². The molecule has 0 saturated carbocycles. The van der Waals surface area contributed by atoms with Gasteiger partial charge in [-0.2, -0.15) is 0 Å². The molecule has 0 aromatic carbocycles. The van der Waals surface area contributed by atoms with Crippen LogP contribution in [-0.2, 0) is 32.1 Å². The maximum atomic E-state index is 12.9. The number of carbonyl (C=O) groups excluding carboxylic acids is 4. The van der Waals surface area contributed by atoms with Gasteiger partial charge in [0.1, 0.15) is 12.1 Å². The molecule has 2 heterocycles. The Balaban J connectivity index is 2.31. The van der Waals surface area contributed by atoms with Crippen molar-refractivity contribution in [1.82, 2.24) is 36.3 Å². The lowest BCUT2D eigenvalue weighted by Gasteiger charge is -2.25. The Bertz CT molecular complexity index is 906. The van der Waals surface area contributed by atoms with E-state index in [1.54, 1.807) is 6.20 Å². The number of rotatable bonds is 4. The Hall–Kier alpha value is -3.16. The predicted octanol–water partition coefficient (Wildman–Crippen LogP) is -0.771. The molecule has 0 radical (unpaired) electrons. The van der Waals surface area contributed by atoms with Crippen molar-refractivity contribution < 1.29 is 29.1 Å². The third kappa shape index (κ3) is 9.00. The second-order valence-corrected chi connectivity index (χ2v) is 8.95. The van der Waals surface area contributed by atoms with Crippen LogP contribution in [0.15, 0.2) is 6.20 Å². The summed E-state index contributed by atoms with van der Waals surface area (Å²) in [7, 11) is 0. The molecule has 0 unspecified atom stereocenters. The van der Waals surface area contributed by atoms with Crippen LogP contribution in [0.2, 0.25) is 0 Å². The number of nitrogens with zero attached hydrogens (tertiary/aromatic N) is 3. The fourth-order valence-corrected chi connectivity index (χ4v) is 3.64. The van der Waals surface area contributed by atoms with Gasteiger partial charge in [0, 0.05) is 32.1 Å². The number of carbonyl (C=O) groups is 5. The summed E-state index contributed by atoms with van der Waals surface area (Å²) in [5.41, 5.74) is 0.379. The average molecular weight is 498 g/mol. The van der Waals surface area contributed by atoms with Gasteiger partial charge in [0.15, 0.2) is 0 Å². The van der Waals surface area contributed by atoms with Crippen molar-refractivity contribution in [2.24, 2.45) is 5.92 Å². The Kier molecular flexibility index (Phi) is 10.3. The molecule has 13 nitrogen and oxygen atoms in total. The molecule has 1 aromatic rings. The van der Waals surface area contributed by atoms with Gasteiger partial charge in [0.2, 0.25) is 22.8 Å². The standard InChI is InChI=1S/C20H31N7O6S/c1-11(2)8-14-17(29)22-13(19(31)34)4-5-16(28)21-6-3-7-27-10-12(25-26-27)9-15(18(30)23-14)24-20(32)33/h10-11,13-15,24H,3-9H2,1-2H3,(H,21,28)(H,22,29)(H,23,30)(H,31,34)(H,32,33)/t13-,14-,15-/m0/s1. The van der Waals surface area contributed by atoms with Crippen molar-refractivity contribution in [3.05, 3.63) is 11.9 Å². The molecule has 188 valence electrons. The van der Waals surface area contributed by atoms with Gasteiger partial charge in [-0.15, -0.1) is 17.7 Å². The van der Waals surface area contributed by atoms with Crippen molar-refractivity contribution in [1.29, 1.82) is 0 Å². The lowest BCUT2D eigenvalue weighted by atomic mass is 10.0. The van der Waals surface area contributed by atoms with Gasteiger partial charge in [-0.05, 0) is 25.2 Å². The maximum absolute atomic E-state index is 12.9. The molecule has 0 spiro atoms. The van der Waals surface area contributed by atoms with E-state index in [2.05, 4.69) is 44.2 Å². The lowest BCUT2D eigenvalue weighted by Crippen LogP contribution is -2.56. The van der Waals surface area contributed by atoms with Crippen LogP contribution < -0.4 is 21.3 Å². The van der Waals surface area contributed by atoms with Gasteiger partial charge in [0.05, 0.1) is 11.7 Å². The molecule has 5 N–H and O–H groups in total. The second kappa shape index (κ2) is 12.9. The minimum Gasteiger partial charge on any atom is -0.465 e. The van der Waals surface area contributed by atoms with Crippen LogP contribution in [0.4, 0.5) is 4.79 Å². The van der Waals surface area contributed by atoms with Gasteiger partial charge < -0.3 is 26.4 Å². The highest BCUT2D eigenvalue weighted by atomic mass is 32.1. The number of carboxylic acid groups (broad SMARTS) is 1. The quantitative estimate of drug-likeness (QED) is 0.293. The van der Waals surface area contributed by atoms with Crippen LogP contribution in [-0.4, -0.2) is 73.7 Å². The Morgan fingerprint density at radius 3 is 2.65 bits per heavy atom. The van der Waals surface area contributed by atoms with Gasteiger partial charge in [-0.3, -0.25) is 23.9 Å². The summed E-state index contributed by atoms with van der Waals surface area (Å²) >= 11 is 3.82. The van der Waals surface area contributed by atoms with E-state index in [9.17, 15) is 29.1 Å². The molecule has 0 aliphatic carbocycles. The summed E-state index contributed by atoms with van der Waals surface area (Å²) in [5.74, 6) is -1.62. The molecule has 2 bridgehead atoms. The number of hydrogen-bond donors (Lipinski definition) is 6. The third-order valence-electron chi connectivity index (χ3n) is 5.11. The zero-order valence-corrected chi connectivity index (χ0v) is 20.0. The summed E-state index contributed by atoms with van der Waals surface area (Å²) in [6.07, 6.45) is 0.930. The Labute approximate surface area is 202 Å². The van der Waals surface area contributed by atoms with E-state index >= 15 is 0 Å². The van der Waals surface area contributed by atoms with E-state index in [0.717, 1.165) is 0 Å². The van der Waals surface area contributed by atoms with Crippen LogP contribution >= 0.6 is 12.6 Å². The number of aryl methyl sites for hydroxylation is 1. The average Bonchev–Trinajstić information content (AvgIpc) is 3.18. The number of thiol groups is 1. The highest BCUT2D eigenvalue weighted by molar-refractivity contribution is 7.96. The van der Waals surface area contributed by atoms with Gasteiger partial charge in [0.25, 0.3) is 0 Å². The van der Waals surface area contributed by atoms with Gasteiger partial charge in [-0.1, -0.05) is 19.1 Å². The normalized spacial score (nSPS) is 23.2. The highest BCUT2D eigenvalue weighted by Crippen LogP contribution is 2.10. The van der Waals surface area contributed by atoms with E-state index in [1.807, 2.05) is 13.8 Å². The van der Waals surface area contributed by atoms with Crippen LogP contribution in [0.5, 0.6) is 0 Å². The minimum absolute atomic E-state index is 0.00344. The topological polar surface area (TPSA) is 184 Å². The van der Waals surface area contributed by atoms with Crippen molar-refractivity contribution in [2.75, 3.05) is 6.54 Å². The first kappa shape index (κ1) is 27.1. The monoisotopic (exact) mass is 497 g/mol. The lowest BCUT2D eigenvalue weighted by molar-refractivity contribution is -0.131. The first-order valence-electron chi connectivity index (χ1n) is 11.0. The summed E-state index contributed by atoms with van der Waals surface area (Å²) in [4.78, 5) is 61.2. The second-order valence-electron chi connectivity index (χ2n) is 8.51. The molecule has 0 fully saturated rings. The molecule has 4 amide bonds. The fourth-order valence-electron chi connectivity index (χ4n) is 3.45. The third-order valence-corrected chi connectivity index (χ3v) is 5.43. The molecule has 1 aromatic heterocycles. The Morgan fingerprint density at radius 2 is 2.00 bits per heavy atom. The van der Waals surface area contributed by atoms with E-state index in [0.29, 0.717) is 25.2 Å². The number of amides is 4. The fraction of sp³-hybridized carbons (Fsp3) is 0.650. The van der Waals surface area contributed by atoms with Crippen LogP contribution in [0, 0.1) is 5.92 Å². The number of fused-ring (bicyclic) bond motifs is 2. The molecule has 1 aliphatic heterocycles. The van der Waals surface area contributed by atoms with Crippen LogP contribution in [0.3, 0.4) is 0 Å². The number of aromatic nitrogens is 3. The van der Waals surface area contributed by atoms with E-state index in [-0.39, 0.29) is 37.5 Å². The molecule has 14 heteroatoms. The van der Waals surface area contributed by atoms with Crippen molar-refractivity contribution >= 4 is 41.6 Å².